The van der Waals surface area contributed by atoms with Crippen LogP contribution in [0.2, 0.25) is 0 Å². The number of piperidine rings is 1. The van der Waals surface area contributed by atoms with Gasteiger partial charge in [-0.25, -0.2) is 8.78 Å². The van der Waals surface area contributed by atoms with Gasteiger partial charge in [-0.3, -0.25) is 9.80 Å². The highest BCUT2D eigenvalue weighted by atomic mass is 19.3. The molecular formula is C15H28F2N2O. The van der Waals surface area contributed by atoms with E-state index in [2.05, 4.69) is 23.6 Å². The summed E-state index contributed by atoms with van der Waals surface area (Å²) in [6.07, 6.45) is 1.56. The average molecular weight is 290 g/mol. The molecule has 2 saturated heterocycles. The molecule has 2 atom stereocenters. The molecule has 2 fully saturated rings. The third-order valence-electron chi connectivity index (χ3n) is 4.62. The maximum Gasteiger partial charge on any atom is 0.261 e. The largest absolute Gasteiger partial charge is 0.374 e. The lowest BCUT2D eigenvalue weighted by Gasteiger charge is -2.49. The van der Waals surface area contributed by atoms with Crippen molar-refractivity contribution >= 4 is 0 Å². The van der Waals surface area contributed by atoms with Crippen LogP contribution in [0.15, 0.2) is 0 Å². The summed E-state index contributed by atoms with van der Waals surface area (Å²) in [5.74, 6) is 0.591. The minimum Gasteiger partial charge on any atom is -0.374 e. The number of hydrogen-bond acceptors (Lipinski definition) is 3. The van der Waals surface area contributed by atoms with Crippen molar-refractivity contribution in [2.45, 2.75) is 51.6 Å². The van der Waals surface area contributed by atoms with Crippen molar-refractivity contribution in [1.29, 1.82) is 0 Å². The monoisotopic (exact) mass is 290 g/mol. The Hall–Kier alpha value is -0.260. The van der Waals surface area contributed by atoms with E-state index in [0.29, 0.717) is 24.6 Å². The molecule has 0 radical (unpaired) electrons. The van der Waals surface area contributed by atoms with Gasteiger partial charge >= 0.3 is 0 Å². The van der Waals surface area contributed by atoms with Crippen LogP contribution in [0.1, 0.15) is 33.1 Å². The number of alkyl halides is 2. The van der Waals surface area contributed by atoms with Crippen LogP contribution in [0.3, 0.4) is 0 Å². The first-order valence-electron chi connectivity index (χ1n) is 7.92. The number of rotatable bonds is 6. The molecule has 2 unspecified atom stereocenters. The summed E-state index contributed by atoms with van der Waals surface area (Å²) in [5.41, 5.74) is 0. The summed E-state index contributed by atoms with van der Waals surface area (Å²) in [7, 11) is 0. The third kappa shape index (κ3) is 4.37. The zero-order valence-corrected chi connectivity index (χ0v) is 12.7. The van der Waals surface area contributed by atoms with Gasteiger partial charge in [-0.1, -0.05) is 20.3 Å². The number of ether oxygens (including phenoxy) is 1. The lowest BCUT2D eigenvalue weighted by molar-refractivity contribution is -0.0336. The van der Waals surface area contributed by atoms with E-state index in [1.54, 1.807) is 0 Å². The van der Waals surface area contributed by atoms with Gasteiger partial charge in [0.15, 0.2) is 0 Å². The predicted molar refractivity (Wildman–Crippen MR) is 76.2 cm³/mol. The molecule has 2 heterocycles. The molecule has 2 aliphatic rings. The van der Waals surface area contributed by atoms with Crippen molar-refractivity contribution in [2.24, 2.45) is 5.92 Å². The molecule has 2 rings (SSSR count). The van der Waals surface area contributed by atoms with Crippen LogP contribution in [0, 0.1) is 5.92 Å². The van der Waals surface area contributed by atoms with Crippen LogP contribution in [-0.2, 0) is 4.74 Å². The number of hydrogen-bond donors (Lipinski definition) is 0. The average Bonchev–Trinajstić information content (AvgIpc) is 2.42. The van der Waals surface area contributed by atoms with Crippen LogP contribution >= 0.6 is 0 Å². The first kappa shape index (κ1) is 16.1. The number of piperazine rings is 1. The lowest BCUT2D eigenvalue weighted by Crippen LogP contribution is -2.61. The fourth-order valence-electron chi connectivity index (χ4n) is 3.51. The summed E-state index contributed by atoms with van der Waals surface area (Å²) < 4.78 is 29.2. The molecule has 0 amide bonds. The molecular weight excluding hydrogens is 262 g/mol. The van der Waals surface area contributed by atoms with Gasteiger partial charge in [-0.15, -0.1) is 0 Å². The quantitative estimate of drug-likeness (QED) is 0.699. The summed E-state index contributed by atoms with van der Waals surface area (Å²) in [5, 5.41) is 0. The first-order valence-corrected chi connectivity index (χ1v) is 7.92. The molecule has 0 N–H and O–H groups in total. The Kier molecular flexibility index (Phi) is 6.18. The molecule has 0 aromatic carbocycles. The van der Waals surface area contributed by atoms with E-state index in [1.165, 1.54) is 25.8 Å². The van der Waals surface area contributed by atoms with Crippen LogP contribution in [0.25, 0.3) is 0 Å². The molecule has 0 spiro atoms. The normalized spacial score (nSPS) is 29.1. The SMILES string of the molecule is CC(C)C1CN2CCCCC2CN1CCOCC(F)F. The van der Waals surface area contributed by atoms with E-state index in [1.807, 2.05) is 0 Å². The van der Waals surface area contributed by atoms with Crippen molar-refractivity contribution in [3.63, 3.8) is 0 Å². The van der Waals surface area contributed by atoms with Gasteiger partial charge < -0.3 is 4.74 Å². The molecule has 2 aliphatic heterocycles. The Balaban J connectivity index is 1.84. The highest BCUT2D eigenvalue weighted by Gasteiger charge is 2.35. The summed E-state index contributed by atoms with van der Waals surface area (Å²) >= 11 is 0. The second-order valence-electron chi connectivity index (χ2n) is 6.42. The molecule has 3 nitrogen and oxygen atoms in total. The molecule has 5 heteroatoms. The van der Waals surface area contributed by atoms with Crippen LogP contribution in [0.4, 0.5) is 8.78 Å². The summed E-state index contributed by atoms with van der Waals surface area (Å²) in [6, 6.07) is 1.19. The number of halogens is 2. The highest BCUT2D eigenvalue weighted by molar-refractivity contribution is 4.91. The number of fused-ring (bicyclic) bond motifs is 1. The van der Waals surface area contributed by atoms with E-state index >= 15 is 0 Å². The Morgan fingerprint density at radius 1 is 1.20 bits per heavy atom. The first-order chi connectivity index (χ1) is 9.58. The Morgan fingerprint density at radius 3 is 2.70 bits per heavy atom. The molecule has 20 heavy (non-hydrogen) atoms. The van der Waals surface area contributed by atoms with Gasteiger partial charge in [0.05, 0.1) is 6.61 Å². The van der Waals surface area contributed by atoms with Gasteiger partial charge in [-0.2, -0.15) is 0 Å². The maximum atomic E-state index is 12.1. The van der Waals surface area contributed by atoms with Crippen LogP contribution in [0.5, 0.6) is 0 Å². The fourth-order valence-corrected chi connectivity index (χ4v) is 3.51. The Labute approximate surface area is 121 Å². The second-order valence-corrected chi connectivity index (χ2v) is 6.42. The zero-order valence-electron chi connectivity index (χ0n) is 12.7. The maximum absolute atomic E-state index is 12.1. The minimum atomic E-state index is -2.36. The third-order valence-corrected chi connectivity index (χ3v) is 4.62. The van der Waals surface area contributed by atoms with Crippen molar-refractivity contribution in [2.75, 3.05) is 39.4 Å². The second kappa shape index (κ2) is 7.66. The fraction of sp³-hybridized carbons (Fsp3) is 1.00. The van der Waals surface area contributed by atoms with Crippen LogP contribution < -0.4 is 0 Å². The highest BCUT2D eigenvalue weighted by Crippen LogP contribution is 2.26. The molecule has 0 saturated carbocycles. The summed E-state index contributed by atoms with van der Waals surface area (Å²) in [6.45, 7) is 8.68. The standard InChI is InChI=1S/C15H28F2N2O/c1-12(2)14-10-18-6-4-3-5-13(18)9-19(14)7-8-20-11-15(16)17/h12-15H,3-11H2,1-2H3. The molecule has 0 aromatic heterocycles. The summed E-state index contributed by atoms with van der Waals surface area (Å²) in [4.78, 5) is 5.09. The molecule has 0 bridgehead atoms. The number of nitrogens with zero attached hydrogens (tertiary/aromatic N) is 2. The molecule has 0 aromatic rings. The topological polar surface area (TPSA) is 15.7 Å². The van der Waals surface area contributed by atoms with E-state index in [9.17, 15) is 8.78 Å². The Morgan fingerprint density at radius 2 is 2.00 bits per heavy atom. The van der Waals surface area contributed by atoms with Gasteiger partial charge in [0, 0.05) is 31.7 Å². The van der Waals surface area contributed by atoms with E-state index in [0.717, 1.165) is 19.6 Å². The predicted octanol–water partition coefficient (Wildman–Crippen LogP) is 2.46. The molecule has 118 valence electrons. The van der Waals surface area contributed by atoms with E-state index in [4.69, 9.17) is 4.74 Å². The van der Waals surface area contributed by atoms with Crippen molar-refractivity contribution in [3.8, 4) is 0 Å². The Bertz CT molecular complexity index is 289. The van der Waals surface area contributed by atoms with Crippen molar-refractivity contribution in [3.05, 3.63) is 0 Å². The van der Waals surface area contributed by atoms with Crippen molar-refractivity contribution < 1.29 is 13.5 Å². The van der Waals surface area contributed by atoms with Gasteiger partial charge in [0.25, 0.3) is 6.43 Å². The zero-order chi connectivity index (χ0) is 14.5. The molecule has 0 aliphatic carbocycles. The van der Waals surface area contributed by atoms with Crippen molar-refractivity contribution in [1.82, 2.24) is 9.80 Å². The van der Waals surface area contributed by atoms with Gasteiger partial charge in [0.1, 0.15) is 6.61 Å². The van der Waals surface area contributed by atoms with Crippen LogP contribution in [-0.4, -0.2) is 67.7 Å². The van der Waals surface area contributed by atoms with Gasteiger partial charge in [0.2, 0.25) is 0 Å². The van der Waals surface area contributed by atoms with E-state index < -0.39 is 13.0 Å². The van der Waals surface area contributed by atoms with Gasteiger partial charge in [-0.05, 0) is 25.3 Å². The minimum absolute atomic E-state index is 0.417. The van der Waals surface area contributed by atoms with E-state index in [-0.39, 0.29) is 0 Å². The smallest absolute Gasteiger partial charge is 0.261 e. The lowest BCUT2D eigenvalue weighted by atomic mass is 9.92.